The van der Waals surface area contributed by atoms with Gasteiger partial charge in [0.05, 0.1) is 28.3 Å². The Balaban J connectivity index is 1.74. The number of fused-ring (bicyclic) bond motifs is 1. The van der Waals surface area contributed by atoms with Gasteiger partial charge in [0.25, 0.3) is 15.9 Å². The van der Waals surface area contributed by atoms with Crippen LogP contribution in [0.2, 0.25) is 0 Å². The molecule has 0 bridgehead atoms. The molecule has 1 heterocycles. The zero-order valence-electron chi connectivity index (χ0n) is 30.3. The first-order valence-electron chi connectivity index (χ1n) is 16.2. The normalized spacial score (nSPS) is 12.9. The number of hydrogen-bond donors (Lipinski definition) is 6. The predicted molar refractivity (Wildman–Crippen MR) is 195 cm³/mol. The van der Waals surface area contributed by atoms with Crippen LogP contribution in [0.5, 0.6) is 5.75 Å². The molecule has 0 unspecified atom stereocenters. The van der Waals surface area contributed by atoms with Crippen LogP contribution in [0, 0.1) is 32.1 Å². The Morgan fingerprint density at radius 2 is 1.71 bits per heavy atom. The van der Waals surface area contributed by atoms with Crippen LogP contribution in [0.15, 0.2) is 29.2 Å². The number of primary amides is 1. The molecular formula is C34H47N7O8S2. The highest BCUT2D eigenvalue weighted by Crippen LogP contribution is 2.30. The van der Waals surface area contributed by atoms with Crippen LogP contribution in [0.1, 0.15) is 84.3 Å². The second kappa shape index (κ2) is 16.5. The smallest absolute Gasteiger partial charge is 0.408 e. The number of carbonyl (C=O) groups is 4. The van der Waals surface area contributed by atoms with Gasteiger partial charge in [-0.3, -0.25) is 19.8 Å². The van der Waals surface area contributed by atoms with Gasteiger partial charge in [-0.25, -0.2) is 22.9 Å². The average molecular weight is 746 g/mol. The van der Waals surface area contributed by atoms with Crippen LogP contribution in [0.3, 0.4) is 0 Å². The minimum atomic E-state index is -4.11. The Morgan fingerprint density at radius 1 is 1.04 bits per heavy atom. The molecular weight excluding hydrogens is 699 g/mol. The lowest BCUT2D eigenvalue weighted by Gasteiger charge is -2.23. The van der Waals surface area contributed by atoms with Crippen molar-refractivity contribution in [3.05, 3.63) is 51.5 Å². The number of aromatic nitrogens is 1. The van der Waals surface area contributed by atoms with E-state index < -0.39 is 57.4 Å². The maximum absolute atomic E-state index is 13.7. The second-order valence-electron chi connectivity index (χ2n) is 13.4. The number of nitrogens with one attached hydrogen (secondary N) is 5. The van der Waals surface area contributed by atoms with Crippen molar-refractivity contribution in [2.75, 3.05) is 13.7 Å². The zero-order valence-corrected chi connectivity index (χ0v) is 31.9. The van der Waals surface area contributed by atoms with Gasteiger partial charge in [-0.15, -0.1) is 11.3 Å². The highest BCUT2D eigenvalue weighted by molar-refractivity contribution is 7.90. The number of Topliss-reactive ketones (excluding diaryl/α,β-unsaturated/α-hetero) is 1. The number of sulfonamides is 1. The number of nitrogens with two attached hydrogens (primary N) is 1. The monoisotopic (exact) mass is 745 g/mol. The summed E-state index contributed by atoms with van der Waals surface area (Å²) in [6, 6.07) is 4.34. The standard InChI is InChI=1S/C34H47N7O8S2/c1-17(2)26(29(35)43)40-30(44)21-12-13-22-25(16-21)50-31(38-22)27(42)23(39-33(45)49-34(6,7)8)11-10-14-37-32(36)41-51(46,47)28-18(3)15-24(48-9)19(4)20(28)5/h12-13,15-17,23,26H,10-11,14H2,1-9H3,(H2,35,43)(H,39,45)(H,40,44)(H3,36,37,41)/t23-,26-/m0/s1. The molecule has 0 spiro atoms. The van der Waals surface area contributed by atoms with Crippen molar-refractivity contribution in [2.45, 2.75) is 90.8 Å². The fourth-order valence-electron chi connectivity index (χ4n) is 5.22. The molecule has 7 N–H and O–H groups in total. The van der Waals surface area contributed by atoms with E-state index in [1.807, 2.05) is 0 Å². The number of alkyl carbamates (subject to hydrolysis) is 1. The maximum atomic E-state index is 13.7. The Morgan fingerprint density at radius 3 is 2.29 bits per heavy atom. The van der Waals surface area contributed by atoms with Crippen molar-refractivity contribution < 1.29 is 37.1 Å². The minimum absolute atomic E-state index is 0.0496. The van der Waals surface area contributed by atoms with Crippen LogP contribution in [0.25, 0.3) is 10.2 Å². The number of guanidine groups is 1. The highest BCUT2D eigenvalue weighted by atomic mass is 32.2. The number of rotatable bonds is 14. The summed E-state index contributed by atoms with van der Waals surface area (Å²) in [5, 5.41) is 16.3. The van der Waals surface area contributed by atoms with Crippen molar-refractivity contribution in [3.8, 4) is 5.75 Å². The van der Waals surface area contributed by atoms with E-state index in [2.05, 4.69) is 25.7 Å². The topological polar surface area (TPSA) is 232 Å². The van der Waals surface area contributed by atoms with Gasteiger partial charge in [-0.1, -0.05) is 13.8 Å². The van der Waals surface area contributed by atoms with E-state index >= 15 is 0 Å². The van der Waals surface area contributed by atoms with Crippen LogP contribution in [-0.2, 0) is 19.6 Å². The first-order valence-corrected chi connectivity index (χ1v) is 18.5. The molecule has 0 saturated heterocycles. The van der Waals surface area contributed by atoms with Gasteiger partial charge in [-0.05, 0) is 101 Å². The highest BCUT2D eigenvalue weighted by Gasteiger charge is 2.29. The fourth-order valence-corrected chi connectivity index (χ4v) is 7.70. The Labute approximate surface area is 302 Å². The van der Waals surface area contributed by atoms with E-state index in [0.717, 1.165) is 11.3 Å². The summed E-state index contributed by atoms with van der Waals surface area (Å²) in [5.41, 5.74) is 6.92. The van der Waals surface area contributed by atoms with E-state index in [0.29, 0.717) is 32.7 Å². The molecule has 0 radical (unpaired) electrons. The van der Waals surface area contributed by atoms with E-state index in [1.165, 1.54) is 13.2 Å². The molecule has 17 heteroatoms. The summed E-state index contributed by atoms with van der Waals surface area (Å²) in [7, 11) is -2.61. The first-order chi connectivity index (χ1) is 23.6. The van der Waals surface area contributed by atoms with Gasteiger partial charge in [0.1, 0.15) is 17.4 Å². The van der Waals surface area contributed by atoms with Crippen molar-refractivity contribution in [1.82, 2.24) is 25.7 Å². The molecule has 51 heavy (non-hydrogen) atoms. The summed E-state index contributed by atoms with van der Waals surface area (Å²) in [6.45, 7) is 13.7. The lowest BCUT2D eigenvalue weighted by molar-refractivity contribution is -0.120. The Bertz CT molecular complexity index is 1930. The molecule has 0 aliphatic rings. The third-order valence-electron chi connectivity index (χ3n) is 7.80. The van der Waals surface area contributed by atoms with Gasteiger partial charge in [-0.2, -0.15) is 0 Å². The number of methoxy groups -OCH3 is 1. The quantitative estimate of drug-likeness (QED) is 0.0604. The van der Waals surface area contributed by atoms with Gasteiger partial charge in [0.15, 0.2) is 5.01 Å². The summed E-state index contributed by atoms with van der Waals surface area (Å²) >= 11 is 1.03. The SMILES string of the molecule is COc1cc(C)c(S(=O)(=O)NC(=N)NCCC[C@H](NC(=O)OC(C)(C)C)C(=O)c2nc3ccc(C(=O)N[C@H](C(N)=O)C(C)C)cc3s2)c(C)c1C. The first kappa shape index (κ1) is 40.7. The van der Waals surface area contributed by atoms with Gasteiger partial charge < -0.3 is 31.2 Å². The third kappa shape index (κ3) is 10.6. The van der Waals surface area contributed by atoms with E-state index in [-0.39, 0.29) is 40.8 Å². The predicted octanol–water partition coefficient (Wildman–Crippen LogP) is 3.83. The number of thiazole rings is 1. The molecule has 3 aromatic rings. The van der Waals surface area contributed by atoms with Crippen molar-refractivity contribution in [3.63, 3.8) is 0 Å². The number of benzene rings is 2. The molecule has 0 aliphatic carbocycles. The summed E-state index contributed by atoms with van der Waals surface area (Å²) in [6.07, 6.45) is -0.486. The Hall–Kier alpha value is -4.77. The Kier molecular flexibility index (Phi) is 13.2. The van der Waals surface area contributed by atoms with Crippen molar-refractivity contribution >= 4 is 61.2 Å². The van der Waals surface area contributed by atoms with Gasteiger partial charge in [0.2, 0.25) is 17.6 Å². The number of ketones is 1. The number of hydrogen-bond acceptors (Lipinski definition) is 11. The van der Waals surface area contributed by atoms with E-state index in [1.54, 1.807) is 73.6 Å². The number of carbonyl (C=O) groups excluding carboxylic acids is 4. The van der Waals surface area contributed by atoms with Gasteiger partial charge >= 0.3 is 6.09 Å². The van der Waals surface area contributed by atoms with Gasteiger partial charge in [0, 0.05) is 12.1 Å². The van der Waals surface area contributed by atoms with Crippen LogP contribution in [0.4, 0.5) is 4.79 Å². The largest absolute Gasteiger partial charge is 0.496 e. The number of ether oxygens (including phenoxy) is 2. The molecule has 278 valence electrons. The molecule has 3 rings (SSSR count). The molecule has 0 fully saturated rings. The average Bonchev–Trinajstić information content (AvgIpc) is 3.44. The molecule has 3 amide bonds. The van der Waals surface area contributed by atoms with E-state index in [4.69, 9.17) is 20.6 Å². The lowest BCUT2D eigenvalue weighted by Crippen LogP contribution is -2.47. The second-order valence-corrected chi connectivity index (χ2v) is 16.0. The zero-order chi connectivity index (χ0) is 38.4. The molecule has 0 saturated carbocycles. The van der Waals surface area contributed by atoms with Crippen LogP contribution in [-0.4, -0.2) is 74.4 Å². The molecule has 2 aromatic carbocycles. The van der Waals surface area contributed by atoms with Crippen LogP contribution < -0.4 is 31.1 Å². The number of amides is 3. The lowest BCUT2D eigenvalue weighted by atomic mass is 10.0. The molecule has 0 aliphatic heterocycles. The van der Waals surface area contributed by atoms with Crippen molar-refractivity contribution in [2.24, 2.45) is 11.7 Å². The third-order valence-corrected chi connectivity index (χ3v) is 10.5. The summed E-state index contributed by atoms with van der Waals surface area (Å²) in [4.78, 5) is 55.6. The molecule has 1 aromatic heterocycles. The number of aryl methyl sites for hydroxylation is 1. The van der Waals surface area contributed by atoms with Crippen LogP contribution >= 0.6 is 11.3 Å². The minimum Gasteiger partial charge on any atom is -0.496 e. The summed E-state index contributed by atoms with van der Waals surface area (Å²) in [5.74, 6) is -1.80. The fraction of sp³-hybridized carbons (Fsp3) is 0.471. The maximum Gasteiger partial charge on any atom is 0.408 e. The van der Waals surface area contributed by atoms with E-state index in [9.17, 15) is 27.6 Å². The molecule has 2 atom stereocenters. The van der Waals surface area contributed by atoms with Crippen molar-refractivity contribution in [1.29, 1.82) is 5.41 Å². The number of nitrogens with zero attached hydrogens (tertiary/aromatic N) is 1. The molecule has 15 nitrogen and oxygen atoms in total. The summed E-state index contributed by atoms with van der Waals surface area (Å²) < 4.78 is 39.9.